The lowest BCUT2D eigenvalue weighted by molar-refractivity contribution is -0.123. The predicted molar refractivity (Wildman–Crippen MR) is 83.0 cm³/mol. The van der Waals surface area contributed by atoms with E-state index in [9.17, 15) is 9.18 Å². The molecule has 1 aromatic rings. The summed E-state index contributed by atoms with van der Waals surface area (Å²) in [4.78, 5) is 11.9. The minimum absolute atomic E-state index is 0.0686. The third-order valence-electron chi connectivity index (χ3n) is 3.15. The van der Waals surface area contributed by atoms with Crippen LogP contribution in [0.1, 0.15) is 38.8 Å². The van der Waals surface area contributed by atoms with Crippen LogP contribution in [0.4, 0.5) is 4.39 Å². The molecule has 2 atom stereocenters. The van der Waals surface area contributed by atoms with E-state index in [1.165, 1.54) is 6.07 Å². The fourth-order valence-electron chi connectivity index (χ4n) is 2.13. The molecule has 112 valence electrons. The Morgan fingerprint density at radius 3 is 2.55 bits per heavy atom. The van der Waals surface area contributed by atoms with Gasteiger partial charge in [-0.05, 0) is 37.5 Å². The number of rotatable bonds is 6. The van der Waals surface area contributed by atoms with Gasteiger partial charge in [0.2, 0.25) is 5.91 Å². The maximum atomic E-state index is 13.9. The maximum absolute atomic E-state index is 13.9. The standard InChI is InChI=1S/C15H22BrFN2O/c1-9(2)7-14(15(20)18-4)19-10(3)12-8-11(16)5-6-13(12)17/h5-6,8-10,14,19H,7H2,1-4H3,(H,18,20). The lowest BCUT2D eigenvalue weighted by Crippen LogP contribution is -2.44. The molecule has 1 amide bonds. The highest BCUT2D eigenvalue weighted by Gasteiger charge is 2.22. The first kappa shape index (κ1) is 17.1. The summed E-state index contributed by atoms with van der Waals surface area (Å²) < 4.78 is 14.7. The number of hydrogen-bond donors (Lipinski definition) is 2. The van der Waals surface area contributed by atoms with Crippen LogP contribution in [-0.2, 0) is 4.79 Å². The quantitative estimate of drug-likeness (QED) is 0.830. The Kier molecular flexibility index (Phi) is 6.62. The summed E-state index contributed by atoms with van der Waals surface area (Å²) in [5.41, 5.74) is 0.553. The van der Waals surface area contributed by atoms with Crippen molar-refractivity contribution in [1.82, 2.24) is 10.6 Å². The maximum Gasteiger partial charge on any atom is 0.236 e. The Hall–Kier alpha value is -0.940. The van der Waals surface area contributed by atoms with Crippen LogP contribution < -0.4 is 10.6 Å². The molecule has 0 spiro atoms. The third-order valence-corrected chi connectivity index (χ3v) is 3.64. The lowest BCUT2D eigenvalue weighted by atomic mass is 10.0. The van der Waals surface area contributed by atoms with Crippen molar-refractivity contribution in [2.45, 2.75) is 39.3 Å². The first-order valence-electron chi connectivity index (χ1n) is 6.77. The molecular formula is C15H22BrFN2O. The van der Waals surface area contributed by atoms with Crippen LogP contribution in [-0.4, -0.2) is 19.0 Å². The average Bonchev–Trinajstić information content (AvgIpc) is 2.39. The van der Waals surface area contributed by atoms with E-state index in [4.69, 9.17) is 0 Å². The average molecular weight is 345 g/mol. The summed E-state index contributed by atoms with van der Waals surface area (Å²) in [6.45, 7) is 5.98. The highest BCUT2D eigenvalue weighted by molar-refractivity contribution is 9.10. The second kappa shape index (κ2) is 7.74. The normalized spacial score (nSPS) is 14.2. The summed E-state index contributed by atoms with van der Waals surface area (Å²) in [5.74, 6) is 0.0405. The van der Waals surface area contributed by atoms with Crippen molar-refractivity contribution < 1.29 is 9.18 Å². The largest absolute Gasteiger partial charge is 0.358 e. The summed E-state index contributed by atoms with van der Waals surface area (Å²) in [6, 6.07) is 4.26. The fraction of sp³-hybridized carbons (Fsp3) is 0.533. The van der Waals surface area contributed by atoms with Gasteiger partial charge in [-0.1, -0.05) is 29.8 Å². The van der Waals surface area contributed by atoms with Gasteiger partial charge < -0.3 is 5.32 Å². The molecule has 1 rings (SSSR count). The van der Waals surface area contributed by atoms with E-state index in [1.807, 2.05) is 6.92 Å². The zero-order chi connectivity index (χ0) is 15.3. The van der Waals surface area contributed by atoms with E-state index in [-0.39, 0.29) is 23.8 Å². The second-order valence-corrected chi connectivity index (χ2v) is 6.27. The van der Waals surface area contributed by atoms with Gasteiger partial charge in [0.1, 0.15) is 5.82 Å². The molecule has 3 nitrogen and oxygen atoms in total. The number of carbonyl (C=O) groups excluding carboxylic acids is 1. The molecule has 0 aliphatic heterocycles. The molecule has 20 heavy (non-hydrogen) atoms. The highest BCUT2D eigenvalue weighted by atomic mass is 79.9. The molecule has 2 N–H and O–H groups in total. The Morgan fingerprint density at radius 2 is 2.00 bits per heavy atom. The first-order chi connectivity index (χ1) is 9.35. The zero-order valence-electron chi connectivity index (χ0n) is 12.3. The van der Waals surface area contributed by atoms with E-state index >= 15 is 0 Å². The van der Waals surface area contributed by atoms with Gasteiger partial charge in [-0.25, -0.2) is 4.39 Å². The van der Waals surface area contributed by atoms with E-state index in [0.717, 1.165) is 4.47 Å². The molecule has 0 saturated carbocycles. The summed E-state index contributed by atoms with van der Waals surface area (Å²) in [7, 11) is 1.61. The summed E-state index contributed by atoms with van der Waals surface area (Å²) in [5, 5.41) is 5.86. The SMILES string of the molecule is CNC(=O)C(CC(C)C)NC(C)c1cc(Br)ccc1F. The molecule has 0 bridgehead atoms. The van der Waals surface area contributed by atoms with Crippen LogP contribution in [0.3, 0.4) is 0 Å². The number of hydrogen-bond acceptors (Lipinski definition) is 2. The Morgan fingerprint density at radius 1 is 1.35 bits per heavy atom. The van der Waals surface area contributed by atoms with Crippen molar-refractivity contribution in [1.29, 1.82) is 0 Å². The number of nitrogens with one attached hydrogen (secondary N) is 2. The van der Waals surface area contributed by atoms with Crippen molar-refractivity contribution in [2.24, 2.45) is 5.92 Å². The van der Waals surface area contributed by atoms with Crippen molar-refractivity contribution in [3.63, 3.8) is 0 Å². The van der Waals surface area contributed by atoms with Crippen LogP contribution in [0.5, 0.6) is 0 Å². The van der Waals surface area contributed by atoms with Gasteiger partial charge in [-0.3, -0.25) is 10.1 Å². The number of carbonyl (C=O) groups is 1. The van der Waals surface area contributed by atoms with Gasteiger partial charge in [0.15, 0.2) is 0 Å². The minimum atomic E-state index is -0.326. The smallest absolute Gasteiger partial charge is 0.236 e. The van der Waals surface area contributed by atoms with Crippen molar-refractivity contribution in [2.75, 3.05) is 7.05 Å². The van der Waals surface area contributed by atoms with E-state index < -0.39 is 0 Å². The summed E-state index contributed by atoms with van der Waals surface area (Å²) >= 11 is 3.34. The molecule has 0 aliphatic carbocycles. The molecular weight excluding hydrogens is 323 g/mol. The molecule has 0 aromatic heterocycles. The molecule has 2 unspecified atom stereocenters. The first-order valence-corrected chi connectivity index (χ1v) is 7.57. The van der Waals surface area contributed by atoms with Gasteiger partial charge >= 0.3 is 0 Å². The minimum Gasteiger partial charge on any atom is -0.358 e. The van der Waals surface area contributed by atoms with Crippen LogP contribution in [0, 0.1) is 11.7 Å². The van der Waals surface area contributed by atoms with Gasteiger partial charge in [-0.2, -0.15) is 0 Å². The number of benzene rings is 1. The van der Waals surface area contributed by atoms with Crippen molar-refractivity contribution in [3.8, 4) is 0 Å². The number of halogens is 2. The molecule has 0 saturated heterocycles. The van der Waals surface area contributed by atoms with Gasteiger partial charge in [0.05, 0.1) is 6.04 Å². The van der Waals surface area contributed by atoms with Crippen molar-refractivity contribution in [3.05, 3.63) is 34.1 Å². The summed E-state index contributed by atoms with van der Waals surface area (Å²) in [6.07, 6.45) is 0.708. The Balaban J connectivity index is 2.86. The monoisotopic (exact) mass is 344 g/mol. The fourth-order valence-corrected chi connectivity index (χ4v) is 2.51. The van der Waals surface area contributed by atoms with Crippen LogP contribution in [0.25, 0.3) is 0 Å². The third kappa shape index (κ3) is 4.87. The predicted octanol–water partition coefficient (Wildman–Crippen LogP) is 3.40. The number of likely N-dealkylation sites (N-methyl/N-ethyl adjacent to an activating group) is 1. The van der Waals surface area contributed by atoms with E-state index in [0.29, 0.717) is 17.9 Å². The molecule has 0 heterocycles. The van der Waals surface area contributed by atoms with Crippen LogP contribution in [0.15, 0.2) is 22.7 Å². The van der Waals surface area contributed by atoms with Gasteiger partial charge in [-0.15, -0.1) is 0 Å². The van der Waals surface area contributed by atoms with E-state index in [1.54, 1.807) is 19.2 Å². The Labute approximate surface area is 128 Å². The van der Waals surface area contributed by atoms with Gasteiger partial charge in [0.25, 0.3) is 0 Å². The molecule has 1 aromatic carbocycles. The molecule has 0 aliphatic rings. The molecule has 0 radical (unpaired) electrons. The van der Waals surface area contributed by atoms with Crippen LogP contribution >= 0.6 is 15.9 Å². The van der Waals surface area contributed by atoms with E-state index in [2.05, 4.69) is 40.4 Å². The molecule has 0 fully saturated rings. The second-order valence-electron chi connectivity index (χ2n) is 5.35. The Bertz CT molecular complexity index is 465. The zero-order valence-corrected chi connectivity index (χ0v) is 13.9. The van der Waals surface area contributed by atoms with Gasteiger partial charge in [0, 0.05) is 23.1 Å². The lowest BCUT2D eigenvalue weighted by Gasteiger charge is -2.24. The molecule has 5 heteroatoms. The number of amides is 1. The highest BCUT2D eigenvalue weighted by Crippen LogP contribution is 2.22. The van der Waals surface area contributed by atoms with Crippen molar-refractivity contribution >= 4 is 21.8 Å². The van der Waals surface area contributed by atoms with Crippen LogP contribution in [0.2, 0.25) is 0 Å². The topological polar surface area (TPSA) is 41.1 Å².